The topological polar surface area (TPSA) is 63.4 Å². The van der Waals surface area contributed by atoms with Gasteiger partial charge >= 0.3 is 0 Å². The van der Waals surface area contributed by atoms with Crippen LogP contribution in [0.25, 0.3) is 0 Å². The molecule has 2 N–H and O–H groups in total. The number of rotatable bonds is 2. The van der Waals surface area contributed by atoms with E-state index >= 15 is 0 Å². The van der Waals surface area contributed by atoms with Gasteiger partial charge < -0.3 is 5.73 Å². The molecule has 0 aliphatic carbocycles. The maximum absolute atomic E-state index is 11.8. The third kappa shape index (κ3) is 2.13. The van der Waals surface area contributed by atoms with Crippen LogP contribution in [0.2, 0.25) is 5.02 Å². The monoisotopic (exact) mass is 252 g/mol. The molecule has 2 amide bonds. The van der Waals surface area contributed by atoms with Crippen LogP contribution in [0.4, 0.5) is 5.69 Å². The van der Waals surface area contributed by atoms with Gasteiger partial charge in [-0.15, -0.1) is 0 Å². The van der Waals surface area contributed by atoms with Gasteiger partial charge in [0.05, 0.1) is 0 Å². The average molecular weight is 253 g/mol. The van der Waals surface area contributed by atoms with Crippen molar-refractivity contribution in [1.29, 1.82) is 0 Å². The number of hydrogen-bond donors (Lipinski definition) is 1. The number of anilines is 1. The Hall–Kier alpha value is -1.55. The Morgan fingerprint density at radius 1 is 1.53 bits per heavy atom. The van der Waals surface area contributed by atoms with Gasteiger partial charge in [0.25, 0.3) is 0 Å². The highest BCUT2D eigenvalue weighted by Crippen LogP contribution is 2.30. The second kappa shape index (κ2) is 4.37. The number of hydrogen-bond acceptors (Lipinski definition) is 2. The summed E-state index contributed by atoms with van der Waals surface area (Å²) in [6.07, 6.45) is 0.839. The van der Waals surface area contributed by atoms with Gasteiger partial charge in [-0.05, 0) is 37.1 Å². The van der Waals surface area contributed by atoms with Crippen molar-refractivity contribution in [3.05, 3.63) is 28.8 Å². The Morgan fingerprint density at radius 3 is 2.82 bits per heavy atom. The predicted molar refractivity (Wildman–Crippen MR) is 65.9 cm³/mol. The van der Waals surface area contributed by atoms with Crippen molar-refractivity contribution < 1.29 is 9.59 Å². The molecular weight excluding hydrogens is 240 g/mol. The summed E-state index contributed by atoms with van der Waals surface area (Å²) >= 11 is 5.86. The van der Waals surface area contributed by atoms with Crippen molar-refractivity contribution in [1.82, 2.24) is 0 Å². The highest BCUT2D eigenvalue weighted by atomic mass is 35.5. The molecule has 1 aliphatic heterocycles. The first-order chi connectivity index (χ1) is 8.00. The fraction of sp³-hybridized carbons (Fsp3) is 0.333. The van der Waals surface area contributed by atoms with Crippen LogP contribution in [0.1, 0.15) is 18.4 Å². The number of carbonyl (C=O) groups is 2. The zero-order chi connectivity index (χ0) is 12.6. The summed E-state index contributed by atoms with van der Waals surface area (Å²) < 4.78 is 0. The fourth-order valence-electron chi connectivity index (χ4n) is 2.14. The van der Waals surface area contributed by atoms with Crippen molar-refractivity contribution in [2.75, 3.05) is 4.90 Å². The van der Waals surface area contributed by atoms with E-state index in [1.165, 1.54) is 4.90 Å². The van der Waals surface area contributed by atoms with Crippen molar-refractivity contribution in [3.8, 4) is 0 Å². The number of aryl methyl sites for hydroxylation is 1. The Balaban J connectivity index is 2.43. The quantitative estimate of drug-likeness (QED) is 0.870. The van der Waals surface area contributed by atoms with Gasteiger partial charge in [-0.25, -0.2) is 0 Å². The van der Waals surface area contributed by atoms with Crippen LogP contribution in [0.15, 0.2) is 18.2 Å². The van der Waals surface area contributed by atoms with Gasteiger partial charge in [0.1, 0.15) is 6.04 Å². The van der Waals surface area contributed by atoms with E-state index in [1.54, 1.807) is 18.2 Å². The minimum absolute atomic E-state index is 0.0702. The summed E-state index contributed by atoms with van der Waals surface area (Å²) in [5.74, 6) is -0.538. The Bertz CT molecular complexity index is 487. The third-order valence-corrected chi connectivity index (χ3v) is 3.19. The van der Waals surface area contributed by atoms with E-state index in [0.717, 1.165) is 5.56 Å². The van der Waals surface area contributed by atoms with Crippen LogP contribution in [0.5, 0.6) is 0 Å². The SMILES string of the molecule is Cc1cc(Cl)ccc1N1C(=O)CCC1C(N)=O. The molecule has 5 heteroatoms. The van der Waals surface area contributed by atoms with Gasteiger partial charge in [-0.3, -0.25) is 14.5 Å². The molecule has 1 aromatic carbocycles. The summed E-state index contributed by atoms with van der Waals surface area (Å²) in [5, 5.41) is 0.605. The number of amides is 2. The third-order valence-electron chi connectivity index (χ3n) is 2.96. The number of carbonyl (C=O) groups excluding carboxylic acids is 2. The van der Waals surface area contributed by atoms with Gasteiger partial charge in [-0.2, -0.15) is 0 Å². The molecule has 0 saturated carbocycles. The maximum Gasteiger partial charge on any atom is 0.240 e. The van der Waals surface area contributed by atoms with Crippen molar-refractivity contribution >= 4 is 29.1 Å². The summed E-state index contributed by atoms with van der Waals surface area (Å²) in [4.78, 5) is 24.6. The Kier molecular flexibility index (Phi) is 3.07. The van der Waals surface area contributed by atoms with Crippen LogP contribution in [-0.2, 0) is 9.59 Å². The molecule has 0 spiro atoms. The van der Waals surface area contributed by atoms with Gasteiger partial charge in [-0.1, -0.05) is 11.6 Å². The van der Waals surface area contributed by atoms with Crippen LogP contribution < -0.4 is 10.6 Å². The minimum Gasteiger partial charge on any atom is -0.368 e. The zero-order valence-corrected chi connectivity index (χ0v) is 10.2. The van der Waals surface area contributed by atoms with E-state index in [4.69, 9.17) is 17.3 Å². The molecule has 0 radical (unpaired) electrons. The Morgan fingerprint density at radius 2 is 2.24 bits per heavy atom. The lowest BCUT2D eigenvalue weighted by Crippen LogP contribution is -2.42. The molecule has 2 rings (SSSR count). The molecule has 1 heterocycles. The van der Waals surface area contributed by atoms with E-state index < -0.39 is 11.9 Å². The standard InChI is InChI=1S/C12H13ClN2O2/c1-7-6-8(13)2-3-9(7)15-10(12(14)17)4-5-11(15)16/h2-3,6,10H,4-5H2,1H3,(H2,14,17). The summed E-state index contributed by atoms with van der Waals surface area (Å²) in [6, 6.07) is 4.67. The lowest BCUT2D eigenvalue weighted by atomic mass is 10.1. The summed E-state index contributed by atoms with van der Waals surface area (Å²) in [6.45, 7) is 1.85. The van der Waals surface area contributed by atoms with E-state index in [9.17, 15) is 9.59 Å². The molecule has 1 saturated heterocycles. The van der Waals surface area contributed by atoms with Gasteiger partial charge in [0.2, 0.25) is 11.8 Å². The smallest absolute Gasteiger partial charge is 0.240 e. The highest BCUT2D eigenvalue weighted by molar-refractivity contribution is 6.30. The minimum atomic E-state index is -0.539. The molecule has 90 valence electrons. The molecule has 4 nitrogen and oxygen atoms in total. The van der Waals surface area contributed by atoms with Crippen molar-refractivity contribution in [2.24, 2.45) is 5.73 Å². The second-order valence-electron chi connectivity index (χ2n) is 4.15. The fourth-order valence-corrected chi connectivity index (χ4v) is 2.37. The first-order valence-corrected chi connectivity index (χ1v) is 5.76. The molecule has 0 bridgehead atoms. The number of nitrogens with two attached hydrogens (primary N) is 1. The number of benzene rings is 1. The van der Waals surface area contributed by atoms with E-state index in [1.807, 2.05) is 6.92 Å². The van der Waals surface area contributed by atoms with E-state index in [0.29, 0.717) is 23.6 Å². The lowest BCUT2D eigenvalue weighted by Gasteiger charge is -2.24. The van der Waals surface area contributed by atoms with Crippen LogP contribution in [-0.4, -0.2) is 17.9 Å². The van der Waals surface area contributed by atoms with Gasteiger partial charge in [0, 0.05) is 17.1 Å². The molecule has 1 fully saturated rings. The van der Waals surface area contributed by atoms with Crippen molar-refractivity contribution in [3.63, 3.8) is 0 Å². The first-order valence-electron chi connectivity index (χ1n) is 5.38. The predicted octanol–water partition coefficient (Wildman–Crippen LogP) is 1.63. The molecule has 1 aromatic rings. The number of primary amides is 1. The largest absolute Gasteiger partial charge is 0.368 e. The number of halogens is 1. The van der Waals surface area contributed by atoms with E-state index in [-0.39, 0.29) is 5.91 Å². The molecule has 1 atom stereocenters. The van der Waals surface area contributed by atoms with Gasteiger partial charge in [0.15, 0.2) is 0 Å². The van der Waals surface area contributed by atoms with Crippen LogP contribution in [0.3, 0.4) is 0 Å². The van der Waals surface area contributed by atoms with Crippen LogP contribution in [0, 0.1) is 6.92 Å². The lowest BCUT2D eigenvalue weighted by molar-refractivity contribution is -0.121. The number of nitrogens with zero attached hydrogens (tertiary/aromatic N) is 1. The second-order valence-corrected chi connectivity index (χ2v) is 4.59. The summed E-state index contributed by atoms with van der Waals surface area (Å²) in [7, 11) is 0. The summed E-state index contributed by atoms with van der Waals surface area (Å²) in [5.41, 5.74) is 6.88. The average Bonchev–Trinajstić information content (AvgIpc) is 2.60. The molecule has 17 heavy (non-hydrogen) atoms. The zero-order valence-electron chi connectivity index (χ0n) is 9.44. The van der Waals surface area contributed by atoms with Crippen LogP contribution >= 0.6 is 11.6 Å². The maximum atomic E-state index is 11.8. The van der Waals surface area contributed by atoms with Crippen molar-refractivity contribution in [2.45, 2.75) is 25.8 Å². The molecule has 0 aromatic heterocycles. The first kappa shape index (κ1) is 11.9. The highest BCUT2D eigenvalue weighted by Gasteiger charge is 2.36. The molecule has 1 unspecified atom stereocenters. The molecule has 1 aliphatic rings. The Labute approximate surface area is 104 Å². The van der Waals surface area contributed by atoms with E-state index in [2.05, 4.69) is 0 Å². The molecular formula is C12H13ClN2O2. The normalized spacial score (nSPS) is 19.8.